The molecule has 98 valence electrons. The highest BCUT2D eigenvalue weighted by atomic mass is 14.1. The molecule has 0 aromatic carbocycles. The van der Waals surface area contributed by atoms with Crippen LogP contribution in [0.3, 0.4) is 0 Å². The second-order valence-electron chi connectivity index (χ2n) is 5.45. The molecule has 0 nitrogen and oxygen atoms in total. The van der Waals surface area contributed by atoms with Crippen molar-refractivity contribution >= 4 is 0 Å². The monoisotopic (exact) mass is 226 g/mol. The van der Waals surface area contributed by atoms with Crippen molar-refractivity contribution in [2.45, 2.75) is 69.2 Å². The van der Waals surface area contributed by atoms with Gasteiger partial charge in [0.05, 0.1) is 0 Å². The van der Waals surface area contributed by atoms with Gasteiger partial charge >= 0.3 is 0 Å². The van der Waals surface area contributed by atoms with Gasteiger partial charge < -0.3 is 0 Å². The Bertz CT molecular complexity index is 147. The fraction of sp³-hybridized carbons (Fsp3) is 0.750. The Balaban J connectivity index is -0.000000376. The molecule has 0 aliphatic rings. The zero-order chi connectivity index (χ0) is 13.8. The Kier molecular flexibility index (Phi) is 14.3. The van der Waals surface area contributed by atoms with Gasteiger partial charge in [0, 0.05) is 0 Å². The highest BCUT2D eigenvalue weighted by molar-refractivity contribution is 5.08. The third kappa shape index (κ3) is 29.2. The first kappa shape index (κ1) is 20.8. The van der Waals surface area contributed by atoms with Gasteiger partial charge in [0.25, 0.3) is 0 Å². The molecule has 0 aromatic rings. The van der Waals surface area contributed by atoms with Crippen LogP contribution in [0.1, 0.15) is 69.2 Å². The van der Waals surface area contributed by atoms with Crippen molar-refractivity contribution in [3.8, 4) is 0 Å². The predicted molar refractivity (Wildman–Crippen MR) is 79.9 cm³/mol. The largest absolute Gasteiger partial charge is 0.0791 e. The van der Waals surface area contributed by atoms with E-state index in [-0.39, 0.29) is 0 Å². The Morgan fingerprint density at radius 2 is 0.688 bits per heavy atom. The zero-order valence-corrected chi connectivity index (χ0v) is 13.3. The lowest BCUT2D eigenvalue weighted by molar-refractivity contribution is 0.539. The van der Waals surface area contributed by atoms with Gasteiger partial charge in [-0.2, -0.15) is 0 Å². The van der Waals surface area contributed by atoms with Crippen LogP contribution in [-0.2, 0) is 0 Å². The molecule has 0 radical (unpaired) electrons. The molecule has 0 heterocycles. The van der Waals surface area contributed by atoms with E-state index < -0.39 is 0 Å². The minimum Gasteiger partial charge on any atom is -0.0791 e. The summed E-state index contributed by atoms with van der Waals surface area (Å²) >= 11 is 0. The van der Waals surface area contributed by atoms with Crippen molar-refractivity contribution in [3.63, 3.8) is 0 Å². The van der Waals surface area contributed by atoms with Gasteiger partial charge in [0.1, 0.15) is 0 Å². The lowest BCUT2D eigenvalue weighted by Crippen LogP contribution is -1.99. The van der Waals surface area contributed by atoms with Gasteiger partial charge in [-0.1, -0.05) is 93.5 Å². The molecule has 0 aliphatic heterocycles. The third-order valence-corrected chi connectivity index (χ3v) is 1.30. The van der Waals surface area contributed by atoms with Crippen molar-refractivity contribution in [2.75, 3.05) is 0 Å². The topological polar surface area (TPSA) is 0 Å². The van der Waals surface area contributed by atoms with E-state index in [9.17, 15) is 0 Å². The fourth-order valence-electron chi connectivity index (χ4n) is 0.688. The first-order chi connectivity index (χ1) is 7.21. The fourth-order valence-corrected chi connectivity index (χ4v) is 0.688. The molecule has 16 heavy (non-hydrogen) atoms. The van der Waals surface area contributed by atoms with Crippen molar-refractivity contribution in [1.82, 2.24) is 0 Å². The summed E-state index contributed by atoms with van der Waals surface area (Å²) in [5.74, 6) is 0. The molecule has 0 spiro atoms. The van der Waals surface area contributed by atoms with E-state index in [1.165, 1.54) is 0 Å². The summed E-state index contributed by atoms with van der Waals surface area (Å²) in [6, 6.07) is 0. The molecule has 0 bridgehead atoms. The molecule has 0 aromatic heterocycles. The molecule has 0 fully saturated rings. The van der Waals surface area contributed by atoms with Gasteiger partial charge in [-0.05, 0) is 10.8 Å². The van der Waals surface area contributed by atoms with Gasteiger partial charge in [0.2, 0.25) is 0 Å². The first-order valence-electron chi connectivity index (χ1n) is 6.58. The zero-order valence-electron chi connectivity index (χ0n) is 13.3. The molecule has 0 N–H and O–H groups in total. The van der Waals surface area contributed by atoms with Crippen molar-refractivity contribution in [1.29, 1.82) is 0 Å². The SMILES string of the molecule is CC.CC.CC(C)(C)/C=C\C=C/C(C)(C)C. The molecule has 0 heteroatoms. The summed E-state index contributed by atoms with van der Waals surface area (Å²) in [5, 5.41) is 0. The molecule has 0 aliphatic carbocycles. The maximum Gasteiger partial charge on any atom is -0.0200 e. The minimum absolute atomic E-state index is 0.294. The van der Waals surface area contributed by atoms with E-state index in [0.29, 0.717) is 10.8 Å². The highest BCUT2D eigenvalue weighted by Crippen LogP contribution is 2.16. The lowest BCUT2D eigenvalue weighted by Gasteiger charge is -2.12. The maximum atomic E-state index is 2.22. The Hall–Kier alpha value is -0.520. The first-order valence-corrected chi connectivity index (χ1v) is 6.58. The Labute approximate surface area is 105 Å². The summed E-state index contributed by atoms with van der Waals surface area (Å²) in [7, 11) is 0. The number of hydrogen-bond acceptors (Lipinski definition) is 0. The van der Waals surface area contributed by atoms with Crippen LogP contribution in [-0.4, -0.2) is 0 Å². The standard InChI is InChI=1S/C12H22.2C2H6/c1-11(2,3)9-7-8-10-12(4,5)6;2*1-2/h7-10H,1-6H3;2*1-2H3/b9-7-,10-8-;;. The molecule has 0 rings (SSSR count). The van der Waals surface area contributed by atoms with Gasteiger partial charge in [-0.3, -0.25) is 0 Å². The van der Waals surface area contributed by atoms with Gasteiger partial charge in [-0.25, -0.2) is 0 Å². The third-order valence-electron chi connectivity index (χ3n) is 1.30. The molecular weight excluding hydrogens is 192 g/mol. The minimum atomic E-state index is 0.294. The quantitative estimate of drug-likeness (QED) is 0.464. The average molecular weight is 226 g/mol. The lowest BCUT2D eigenvalue weighted by atomic mass is 9.94. The van der Waals surface area contributed by atoms with Gasteiger partial charge in [-0.15, -0.1) is 0 Å². The van der Waals surface area contributed by atoms with E-state index in [4.69, 9.17) is 0 Å². The molecular formula is C16H34. The summed E-state index contributed by atoms with van der Waals surface area (Å²) in [4.78, 5) is 0. The summed E-state index contributed by atoms with van der Waals surface area (Å²) in [5.41, 5.74) is 0.588. The summed E-state index contributed by atoms with van der Waals surface area (Å²) < 4.78 is 0. The van der Waals surface area contributed by atoms with Crippen LogP contribution in [0.15, 0.2) is 24.3 Å². The Morgan fingerprint density at radius 3 is 0.812 bits per heavy atom. The summed E-state index contributed by atoms with van der Waals surface area (Å²) in [6.45, 7) is 21.2. The second kappa shape index (κ2) is 11.0. The molecule has 0 unspecified atom stereocenters. The van der Waals surface area contributed by atoms with Crippen molar-refractivity contribution in [2.24, 2.45) is 10.8 Å². The maximum absolute atomic E-state index is 2.22. The smallest absolute Gasteiger partial charge is 0.0200 e. The Morgan fingerprint density at radius 1 is 0.500 bits per heavy atom. The average Bonchev–Trinajstić information content (AvgIpc) is 2.16. The summed E-state index contributed by atoms with van der Waals surface area (Å²) in [6.07, 6.45) is 8.70. The number of allylic oxidation sites excluding steroid dienone is 4. The van der Waals surface area contributed by atoms with Crippen LogP contribution < -0.4 is 0 Å². The van der Waals surface area contributed by atoms with Crippen LogP contribution >= 0.6 is 0 Å². The van der Waals surface area contributed by atoms with Crippen molar-refractivity contribution < 1.29 is 0 Å². The van der Waals surface area contributed by atoms with Crippen molar-refractivity contribution in [3.05, 3.63) is 24.3 Å². The van der Waals surface area contributed by atoms with Crippen LogP contribution in [0, 0.1) is 10.8 Å². The van der Waals surface area contributed by atoms with E-state index >= 15 is 0 Å². The van der Waals surface area contributed by atoms with Crippen LogP contribution in [0.4, 0.5) is 0 Å². The highest BCUT2D eigenvalue weighted by Gasteiger charge is 2.03. The normalized spacial score (nSPS) is 11.9. The molecule has 0 atom stereocenters. The molecule has 0 saturated heterocycles. The van der Waals surface area contributed by atoms with Crippen LogP contribution in [0.2, 0.25) is 0 Å². The number of rotatable bonds is 1. The second-order valence-corrected chi connectivity index (χ2v) is 5.45. The van der Waals surface area contributed by atoms with E-state index in [1.807, 2.05) is 27.7 Å². The van der Waals surface area contributed by atoms with Crippen LogP contribution in [0.5, 0.6) is 0 Å². The van der Waals surface area contributed by atoms with E-state index in [2.05, 4.69) is 65.8 Å². The predicted octanol–water partition coefficient (Wildman–Crippen LogP) is 6.24. The van der Waals surface area contributed by atoms with E-state index in [1.54, 1.807) is 0 Å². The number of hydrogen-bond donors (Lipinski definition) is 0. The van der Waals surface area contributed by atoms with Crippen LogP contribution in [0.25, 0.3) is 0 Å². The van der Waals surface area contributed by atoms with Gasteiger partial charge in [0.15, 0.2) is 0 Å². The molecule has 0 saturated carbocycles. The van der Waals surface area contributed by atoms with E-state index in [0.717, 1.165) is 0 Å². The molecule has 0 amide bonds.